The predicted octanol–water partition coefficient (Wildman–Crippen LogP) is 1.02. The normalized spacial score (nSPS) is 19.9. The molecule has 4 heteroatoms. The molecule has 0 saturated carbocycles. The van der Waals surface area contributed by atoms with Gasteiger partial charge in [-0.25, -0.2) is 4.98 Å². The first-order valence-corrected chi connectivity index (χ1v) is 5.41. The van der Waals surface area contributed by atoms with Crippen LogP contribution in [0, 0.1) is 0 Å². The Labute approximate surface area is 90.0 Å². The molecule has 0 aromatic carbocycles. The highest BCUT2D eigenvalue weighted by atomic mass is 16.5. The zero-order valence-corrected chi connectivity index (χ0v) is 9.02. The van der Waals surface area contributed by atoms with E-state index in [1.165, 1.54) is 0 Å². The van der Waals surface area contributed by atoms with Crippen LogP contribution in [-0.2, 0) is 0 Å². The van der Waals surface area contributed by atoms with Crippen molar-refractivity contribution in [3.63, 3.8) is 0 Å². The summed E-state index contributed by atoms with van der Waals surface area (Å²) in [6.07, 6.45) is 2.95. The summed E-state index contributed by atoms with van der Waals surface area (Å²) in [4.78, 5) is 6.58. The van der Waals surface area contributed by atoms with Gasteiger partial charge in [-0.15, -0.1) is 0 Å². The molecular weight excluding hydrogens is 190 g/mol. The quantitative estimate of drug-likeness (QED) is 0.800. The maximum atomic E-state index is 5.68. The predicted molar refractivity (Wildman–Crippen MR) is 60.2 cm³/mol. The van der Waals surface area contributed by atoms with Gasteiger partial charge in [0.15, 0.2) is 11.6 Å². The first-order valence-electron chi connectivity index (χ1n) is 5.41. The highest BCUT2D eigenvalue weighted by Gasteiger charge is 2.29. The second-order valence-electron chi connectivity index (χ2n) is 3.63. The van der Waals surface area contributed by atoms with Crippen molar-refractivity contribution >= 4 is 5.82 Å². The van der Waals surface area contributed by atoms with E-state index in [1.807, 2.05) is 19.1 Å². The third kappa shape index (κ3) is 1.90. The van der Waals surface area contributed by atoms with E-state index in [-0.39, 0.29) is 0 Å². The summed E-state index contributed by atoms with van der Waals surface area (Å²) in [6, 6.07) is 4.28. The van der Waals surface area contributed by atoms with Crippen molar-refractivity contribution in [3.8, 4) is 5.75 Å². The van der Waals surface area contributed by atoms with Gasteiger partial charge in [-0.05, 0) is 25.5 Å². The summed E-state index contributed by atoms with van der Waals surface area (Å²) in [5.74, 6) is 1.79. The standard InChI is InChI=1S/C11H17N3O/c1-2-15-10-4-3-6-13-11(10)14-7-5-9(14)8-12/h3-4,6,9H,2,5,7-8,12H2,1H3. The molecule has 0 aliphatic carbocycles. The van der Waals surface area contributed by atoms with Crippen LogP contribution >= 0.6 is 0 Å². The molecule has 1 saturated heterocycles. The van der Waals surface area contributed by atoms with E-state index in [4.69, 9.17) is 10.5 Å². The zero-order valence-electron chi connectivity index (χ0n) is 9.02. The molecule has 0 bridgehead atoms. The van der Waals surface area contributed by atoms with Crippen LogP contribution in [0.2, 0.25) is 0 Å². The summed E-state index contributed by atoms with van der Waals surface area (Å²) >= 11 is 0. The van der Waals surface area contributed by atoms with E-state index in [0.29, 0.717) is 19.2 Å². The summed E-state index contributed by atoms with van der Waals surface area (Å²) in [5, 5.41) is 0. The van der Waals surface area contributed by atoms with E-state index < -0.39 is 0 Å². The SMILES string of the molecule is CCOc1cccnc1N1CCC1CN. The van der Waals surface area contributed by atoms with E-state index >= 15 is 0 Å². The number of rotatable bonds is 4. The van der Waals surface area contributed by atoms with Crippen LogP contribution in [0.3, 0.4) is 0 Å². The molecule has 0 amide bonds. The van der Waals surface area contributed by atoms with Gasteiger partial charge in [0.1, 0.15) is 0 Å². The van der Waals surface area contributed by atoms with Gasteiger partial charge < -0.3 is 15.4 Å². The fourth-order valence-corrected chi connectivity index (χ4v) is 1.83. The number of nitrogens with two attached hydrogens (primary N) is 1. The fourth-order valence-electron chi connectivity index (χ4n) is 1.83. The van der Waals surface area contributed by atoms with Gasteiger partial charge >= 0.3 is 0 Å². The Balaban J connectivity index is 2.19. The molecule has 1 aliphatic rings. The van der Waals surface area contributed by atoms with Crippen LogP contribution in [0.4, 0.5) is 5.82 Å². The summed E-state index contributed by atoms with van der Waals surface area (Å²) in [6.45, 7) is 4.36. The molecule has 2 heterocycles. The first-order chi connectivity index (χ1) is 7.36. The van der Waals surface area contributed by atoms with Crippen molar-refractivity contribution in [3.05, 3.63) is 18.3 Å². The van der Waals surface area contributed by atoms with Crippen LogP contribution in [-0.4, -0.2) is 30.7 Å². The molecule has 4 nitrogen and oxygen atoms in total. The third-order valence-corrected chi connectivity index (χ3v) is 2.74. The molecule has 1 fully saturated rings. The Kier molecular flexibility index (Phi) is 3.06. The average molecular weight is 207 g/mol. The molecule has 1 atom stereocenters. The zero-order chi connectivity index (χ0) is 10.7. The number of nitrogens with zero attached hydrogens (tertiary/aromatic N) is 2. The summed E-state index contributed by atoms with van der Waals surface area (Å²) in [7, 11) is 0. The Bertz CT molecular complexity index is 327. The molecule has 1 aromatic heterocycles. The highest BCUT2D eigenvalue weighted by Crippen LogP contribution is 2.31. The lowest BCUT2D eigenvalue weighted by molar-refractivity contribution is 0.334. The fraction of sp³-hybridized carbons (Fsp3) is 0.545. The number of ether oxygens (including phenoxy) is 1. The molecule has 0 spiro atoms. The van der Waals surface area contributed by atoms with Gasteiger partial charge in [-0.2, -0.15) is 0 Å². The second-order valence-corrected chi connectivity index (χ2v) is 3.63. The summed E-state index contributed by atoms with van der Waals surface area (Å²) < 4.78 is 5.54. The van der Waals surface area contributed by atoms with Crippen LogP contribution < -0.4 is 15.4 Å². The Morgan fingerprint density at radius 3 is 3.13 bits per heavy atom. The minimum atomic E-state index is 0.430. The van der Waals surface area contributed by atoms with Crippen LogP contribution in [0.5, 0.6) is 5.75 Å². The van der Waals surface area contributed by atoms with Gasteiger partial charge in [0.25, 0.3) is 0 Å². The maximum absolute atomic E-state index is 5.68. The molecule has 2 N–H and O–H groups in total. The van der Waals surface area contributed by atoms with E-state index in [9.17, 15) is 0 Å². The van der Waals surface area contributed by atoms with Crippen molar-refractivity contribution in [2.75, 3.05) is 24.6 Å². The van der Waals surface area contributed by atoms with E-state index in [2.05, 4.69) is 9.88 Å². The number of hydrogen-bond donors (Lipinski definition) is 1. The molecular formula is C11H17N3O. The number of anilines is 1. The lowest BCUT2D eigenvalue weighted by Gasteiger charge is -2.41. The van der Waals surface area contributed by atoms with Crippen molar-refractivity contribution < 1.29 is 4.74 Å². The lowest BCUT2D eigenvalue weighted by atomic mass is 10.0. The van der Waals surface area contributed by atoms with Crippen LogP contribution in [0.1, 0.15) is 13.3 Å². The molecule has 82 valence electrons. The third-order valence-electron chi connectivity index (χ3n) is 2.74. The highest BCUT2D eigenvalue weighted by molar-refractivity contribution is 5.54. The maximum Gasteiger partial charge on any atom is 0.171 e. The Morgan fingerprint density at radius 2 is 2.53 bits per heavy atom. The summed E-state index contributed by atoms with van der Waals surface area (Å²) in [5.41, 5.74) is 5.68. The van der Waals surface area contributed by atoms with Gasteiger partial charge in [-0.1, -0.05) is 0 Å². The van der Waals surface area contributed by atoms with Gasteiger partial charge in [0.05, 0.1) is 6.61 Å². The van der Waals surface area contributed by atoms with E-state index in [1.54, 1.807) is 6.20 Å². The molecule has 1 aliphatic heterocycles. The molecule has 1 aromatic rings. The van der Waals surface area contributed by atoms with Crippen LogP contribution in [0.25, 0.3) is 0 Å². The van der Waals surface area contributed by atoms with Crippen molar-refractivity contribution in [2.24, 2.45) is 5.73 Å². The first kappa shape index (κ1) is 10.2. The molecule has 2 rings (SSSR count). The number of aromatic nitrogens is 1. The molecule has 15 heavy (non-hydrogen) atoms. The van der Waals surface area contributed by atoms with Crippen LogP contribution in [0.15, 0.2) is 18.3 Å². The lowest BCUT2D eigenvalue weighted by Crippen LogP contribution is -2.52. The Hall–Kier alpha value is -1.29. The van der Waals surface area contributed by atoms with E-state index in [0.717, 1.165) is 24.5 Å². The largest absolute Gasteiger partial charge is 0.490 e. The number of pyridine rings is 1. The molecule has 1 unspecified atom stereocenters. The number of hydrogen-bond acceptors (Lipinski definition) is 4. The monoisotopic (exact) mass is 207 g/mol. The second kappa shape index (κ2) is 4.49. The minimum Gasteiger partial charge on any atom is -0.490 e. The van der Waals surface area contributed by atoms with Crippen molar-refractivity contribution in [1.82, 2.24) is 4.98 Å². The smallest absolute Gasteiger partial charge is 0.171 e. The van der Waals surface area contributed by atoms with Crippen molar-refractivity contribution in [1.29, 1.82) is 0 Å². The van der Waals surface area contributed by atoms with Gasteiger partial charge in [0, 0.05) is 25.3 Å². The minimum absolute atomic E-state index is 0.430. The van der Waals surface area contributed by atoms with Gasteiger partial charge in [0.2, 0.25) is 0 Å². The molecule has 0 radical (unpaired) electrons. The average Bonchev–Trinajstić information content (AvgIpc) is 2.20. The topological polar surface area (TPSA) is 51.4 Å². The Morgan fingerprint density at radius 1 is 1.67 bits per heavy atom. The van der Waals surface area contributed by atoms with Gasteiger partial charge in [-0.3, -0.25) is 0 Å². The van der Waals surface area contributed by atoms with Crippen molar-refractivity contribution in [2.45, 2.75) is 19.4 Å².